The van der Waals surface area contributed by atoms with Gasteiger partial charge < -0.3 is 5.32 Å². The molecular formula is C15H19BrN2O. The third-order valence-corrected chi connectivity index (χ3v) is 4.81. The van der Waals surface area contributed by atoms with Crippen molar-refractivity contribution in [2.45, 2.75) is 50.6 Å². The van der Waals surface area contributed by atoms with Crippen LogP contribution in [0.3, 0.4) is 0 Å². The van der Waals surface area contributed by atoms with Crippen LogP contribution in [-0.4, -0.2) is 11.9 Å². The molecule has 1 aromatic carbocycles. The molecule has 1 unspecified atom stereocenters. The molecule has 3 rings (SSSR count). The highest BCUT2D eigenvalue weighted by atomic mass is 79.9. The maximum absolute atomic E-state index is 12.1. The molecule has 1 amide bonds. The summed E-state index contributed by atoms with van der Waals surface area (Å²) >= 11 is 3.56. The van der Waals surface area contributed by atoms with Gasteiger partial charge in [0.05, 0.1) is 0 Å². The van der Waals surface area contributed by atoms with Crippen LogP contribution < -0.4 is 10.6 Å². The van der Waals surface area contributed by atoms with E-state index in [0.717, 1.165) is 15.7 Å². The van der Waals surface area contributed by atoms with Crippen LogP contribution in [0.5, 0.6) is 0 Å². The third kappa shape index (κ3) is 2.70. The highest BCUT2D eigenvalue weighted by Crippen LogP contribution is 2.37. The maximum Gasteiger partial charge on any atom is 0.246 e. The second-order valence-electron chi connectivity index (χ2n) is 5.48. The van der Waals surface area contributed by atoms with Gasteiger partial charge in [0.25, 0.3) is 0 Å². The van der Waals surface area contributed by atoms with Crippen molar-refractivity contribution in [1.29, 1.82) is 0 Å². The fourth-order valence-corrected chi connectivity index (χ4v) is 3.71. The van der Waals surface area contributed by atoms with Gasteiger partial charge in [0.2, 0.25) is 5.91 Å². The minimum absolute atomic E-state index is 0.0751. The molecule has 4 heteroatoms. The number of carbonyl (C=O) groups is 1. The van der Waals surface area contributed by atoms with E-state index in [4.69, 9.17) is 0 Å². The van der Waals surface area contributed by atoms with Gasteiger partial charge in [-0.3, -0.25) is 10.1 Å². The average molecular weight is 323 g/mol. The van der Waals surface area contributed by atoms with Crippen LogP contribution >= 0.6 is 15.9 Å². The lowest BCUT2D eigenvalue weighted by Crippen LogP contribution is -2.36. The molecule has 0 bridgehead atoms. The highest BCUT2D eigenvalue weighted by molar-refractivity contribution is 9.10. The zero-order valence-corrected chi connectivity index (χ0v) is 12.5. The zero-order valence-electron chi connectivity index (χ0n) is 10.9. The maximum atomic E-state index is 12.1. The first kappa shape index (κ1) is 13.1. The lowest BCUT2D eigenvalue weighted by molar-refractivity contribution is -0.117. The molecule has 1 heterocycles. The van der Waals surface area contributed by atoms with E-state index in [0.29, 0.717) is 6.04 Å². The third-order valence-electron chi connectivity index (χ3n) is 4.12. The fraction of sp³-hybridized carbons (Fsp3) is 0.533. The molecule has 1 aromatic rings. The van der Waals surface area contributed by atoms with Gasteiger partial charge in [-0.15, -0.1) is 0 Å². The van der Waals surface area contributed by atoms with Gasteiger partial charge in [-0.1, -0.05) is 47.7 Å². The molecule has 0 aromatic heterocycles. The quantitative estimate of drug-likeness (QED) is 0.814. The Labute approximate surface area is 122 Å². The van der Waals surface area contributed by atoms with E-state index in [2.05, 4.69) is 26.6 Å². The summed E-state index contributed by atoms with van der Waals surface area (Å²) in [6.45, 7) is 0. The van der Waals surface area contributed by atoms with Crippen molar-refractivity contribution in [2.75, 3.05) is 5.32 Å². The Morgan fingerprint density at radius 2 is 1.89 bits per heavy atom. The van der Waals surface area contributed by atoms with Gasteiger partial charge >= 0.3 is 0 Å². The van der Waals surface area contributed by atoms with E-state index < -0.39 is 0 Å². The number of halogens is 1. The normalized spacial score (nSPS) is 23.8. The summed E-state index contributed by atoms with van der Waals surface area (Å²) in [6.07, 6.45) is 7.57. The van der Waals surface area contributed by atoms with Gasteiger partial charge in [-0.2, -0.15) is 0 Å². The Balaban J connectivity index is 1.80. The van der Waals surface area contributed by atoms with Gasteiger partial charge in [0.1, 0.15) is 6.04 Å². The van der Waals surface area contributed by atoms with E-state index in [1.54, 1.807) is 0 Å². The summed E-state index contributed by atoms with van der Waals surface area (Å²) in [7, 11) is 0. The Morgan fingerprint density at radius 1 is 1.16 bits per heavy atom. The SMILES string of the molecule is O=C1Nc2cccc(Br)c2C1NC1CCCCCC1. The first-order valence-electron chi connectivity index (χ1n) is 7.11. The molecule has 1 aliphatic carbocycles. The molecule has 1 saturated carbocycles. The molecular weight excluding hydrogens is 304 g/mol. The molecule has 3 nitrogen and oxygen atoms in total. The molecule has 1 fully saturated rings. The fourth-order valence-electron chi connectivity index (χ4n) is 3.12. The highest BCUT2D eigenvalue weighted by Gasteiger charge is 2.33. The van der Waals surface area contributed by atoms with Gasteiger partial charge in [0.15, 0.2) is 0 Å². The van der Waals surface area contributed by atoms with Gasteiger partial charge in [0, 0.05) is 21.8 Å². The Hall–Kier alpha value is -0.870. The molecule has 2 N–H and O–H groups in total. The van der Waals surface area contributed by atoms with Crippen LogP contribution in [0.4, 0.5) is 5.69 Å². The number of benzene rings is 1. The number of hydrogen-bond donors (Lipinski definition) is 2. The molecule has 0 saturated heterocycles. The minimum atomic E-state index is -0.200. The van der Waals surface area contributed by atoms with Crippen LogP contribution in [0, 0.1) is 0 Å². The van der Waals surface area contributed by atoms with Crippen molar-refractivity contribution < 1.29 is 4.79 Å². The number of rotatable bonds is 2. The van der Waals surface area contributed by atoms with Crippen LogP contribution in [0.2, 0.25) is 0 Å². The zero-order chi connectivity index (χ0) is 13.2. The van der Waals surface area contributed by atoms with Crippen LogP contribution in [0.1, 0.15) is 50.1 Å². The second kappa shape index (κ2) is 5.63. The van der Waals surface area contributed by atoms with E-state index in [1.807, 2.05) is 18.2 Å². The van der Waals surface area contributed by atoms with Crippen molar-refractivity contribution >= 4 is 27.5 Å². The minimum Gasteiger partial charge on any atom is -0.324 e. The molecule has 0 radical (unpaired) electrons. The molecule has 1 atom stereocenters. The Kier molecular flexibility index (Phi) is 3.89. The largest absolute Gasteiger partial charge is 0.324 e. The molecule has 0 spiro atoms. The molecule has 102 valence electrons. The van der Waals surface area contributed by atoms with Gasteiger partial charge in [-0.05, 0) is 25.0 Å². The summed E-state index contributed by atoms with van der Waals surface area (Å²) in [5, 5.41) is 6.52. The summed E-state index contributed by atoms with van der Waals surface area (Å²) in [5.41, 5.74) is 2.00. The predicted molar refractivity (Wildman–Crippen MR) is 80.1 cm³/mol. The lowest BCUT2D eigenvalue weighted by Gasteiger charge is -2.21. The van der Waals surface area contributed by atoms with E-state index in [-0.39, 0.29) is 11.9 Å². The molecule has 1 aliphatic heterocycles. The van der Waals surface area contributed by atoms with Crippen LogP contribution in [0.25, 0.3) is 0 Å². The number of anilines is 1. The molecule has 19 heavy (non-hydrogen) atoms. The summed E-state index contributed by atoms with van der Waals surface area (Å²) < 4.78 is 1.01. The summed E-state index contributed by atoms with van der Waals surface area (Å²) in [6, 6.07) is 6.19. The van der Waals surface area contributed by atoms with Crippen LogP contribution in [0.15, 0.2) is 22.7 Å². The summed E-state index contributed by atoms with van der Waals surface area (Å²) in [4.78, 5) is 12.1. The van der Waals surface area contributed by atoms with E-state index in [1.165, 1.54) is 38.5 Å². The molecule has 2 aliphatic rings. The van der Waals surface area contributed by atoms with Crippen molar-refractivity contribution in [1.82, 2.24) is 5.32 Å². The van der Waals surface area contributed by atoms with Crippen molar-refractivity contribution in [2.24, 2.45) is 0 Å². The number of fused-ring (bicyclic) bond motifs is 1. The monoisotopic (exact) mass is 322 g/mol. The number of amides is 1. The summed E-state index contributed by atoms with van der Waals surface area (Å²) in [5.74, 6) is 0.0751. The lowest BCUT2D eigenvalue weighted by atomic mass is 10.0. The average Bonchev–Trinajstić information content (AvgIpc) is 2.58. The van der Waals surface area contributed by atoms with Crippen LogP contribution in [-0.2, 0) is 4.79 Å². The first-order valence-corrected chi connectivity index (χ1v) is 7.90. The number of nitrogens with one attached hydrogen (secondary N) is 2. The second-order valence-corrected chi connectivity index (χ2v) is 6.33. The topological polar surface area (TPSA) is 41.1 Å². The predicted octanol–water partition coefficient (Wildman–Crippen LogP) is 3.75. The Morgan fingerprint density at radius 3 is 2.63 bits per heavy atom. The van der Waals surface area contributed by atoms with Crippen molar-refractivity contribution in [3.8, 4) is 0 Å². The number of carbonyl (C=O) groups excluding carboxylic acids is 1. The first-order chi connectivity index (χ1) is 9.25. The van der Waals surface area contributed by atoms with Crippen molar-refractivity contribution in [3.05, 3.63) is 28.2 Å². The van der Waals surface area contributed by atoms with Crippen molar-refractivity contribution in [3.63, 3.8) is 0 Å². The standard InChI is InChI=1S/C15H19BrN2O/c16-11-8-5-9-12-13(11)14(15(19)18-12)17-10-6-3-1-2-4-7-10/h5,8-10,14,17H,1-4,6-7H2,(H,18,19). The van der Waals surface area contributed by atoms with Gasteiger partial charge in [-0.25, -0.2) is 0 Å². The Bertz CT molecular complexity index is 481. The van der Waals surface area contributed by atoms with E-state index in [9.17, 15) is 4.79 Å². The smallest absolute Gasteiger partial charge is 0.246 e. The van der Waals surface area contributed by atoms with E-state index >= 15 is 0 Å². The number of hydrogen-bond acceptors (Lipinski definition) is 2.